The standard InChI is InChI=1S/C25H30N4O4/c1-4-18(2)29-24(31)19-9-5-6-10-20(19)28(25(29)32)17-23(30)27-15-13-26(14-16-27)21-11-7-8-12-22(21)33-3/h5-12,18H,4,13-17H2,1-3H3/t18-/m1/s1. The van der Waals surface area contributed by atoms with Gasteiger partial charge in [0, 0.05) is 32.2 Å². The van der Waals surface area contributed by atoms with Crippen molar-refractivity contribution in [3.8, 4) is 5.75 Å². The van der Waals surface area contributed by atoms with Crippen LogP contribution in [0.15, 0.2) is 58.1 Å². The van der Waals surface area contributed by atoms with E-state index < -0.39 is 5.69 Å². The van der Waals surface area contributed by atoms with Crippen molar-refractivity contribution < 1.29 is 9.53 Å². The Kier molecular flexibility index (Phi) is 6.53. The van der Waals surface area contributed by atoms with Gasteiger partial charge in [-0.15, -0.1) is 0 Å². The molecule has 8 nitrogen and oxygen atoms in total. The first-order valence-electron chi connectivity index (χ1n) is 11.4. The van der Waals surface area contributed by atoms with Gasteiger partial charge in [0.25, 0.3) is 5.56 Å². The van der Waals surface area contributed by atoms with Crippen LogP contribution in [0.3, 0.4) is 0 Å². The Morgan fingerprint density at radius 1 is 1.00 bits per heavy atom. The molecule has 1 fully saturated rings. The van der Waals surface area contributed by atoms with E-state index in [2.05, 4.69) is 4.90 Å². The summed E-state index contributed by atoms with van der Waals surface area (Å²) in [4.78, 5) is 43.4. The lowest BCUT2D eigenvalue weighted by Gasteiger charge is -2.36. The van der Waals surface area contributed by atoms with Gasteiger partial charge < -0.3 is 14.5 Å². The van der Waals surface area contributed by atoms with E-state index >= 15 is 0 Å². The largest absolute Gasteiger partial charge is 0.495 e. The van der Waals surface area contributed by atoms with Crippen molar-refractivity contribution in [2.75, 3.05) is 38.2 Å². The van der Waals surface area contributed by atoms with Gasteiger partial charge in [-0.25, -0.2) is 4.79 Å². The van der Waals surface area contributed by atoms with Crippen molar-refractivity contribution in [1.82, 2.24) is 14.0 Å². The van der Waals surface area contributed by atoms with E-state index in [1.54, 1.807) is 36.3 Å². The lowest BCUT2D eigenvalue weighted by Crippen LogP contribution is -2.51. The first kappa shape index (κ1) is 22.6. The molecule has 33 heavy (non-hydrogen) atoms. The van der Waals surface area contributed by atoms with Gasteiger partial charge in [-0.3, -0.25) is 18.7 Å². The van der Waals surface area contributed by atoms with Gasteiger partial charge in [0.2, 0.25) is 5.91 Å². The van der Waals surface area contributed by atoms with E-state index in [9.17, 15) is 14.4 Å². The molecule has 0 bridgehead atoms. The van der Waals surface area contributed by atoms with Gasteiger partial charge in [-0.2, -0.15) is 0 Å². The number of nitrogens with zero attached hydrogens (tertiary/aromatic N) is 4. The van der Waals surface area contributed by atoms with E-state index in [0.717, 1.165) is 11.4 Å². The second-order valence-corrected chi connectivity index (χ2v) is 8.36. The summed E-state index contributed by atoms with van der Waals surface area (Å²) in [6.07, 6.45) is 0.645. The van der Waals surface area contributed by atoms with Crippen LogP contribution in [0.5, 0.6) is 5.75 Å². The van der Waals surface area contributed by atoms with Gasteiger partial charge in [0.15, 0.2) is 0 Å². The minimum Gasteiger partial charge on any atom is -0.495 e. The molecule has 2 aromatic carbocycles. The third-order valence-electron chi connectivity index (χ3n) is 6.46. The summed E-state index contributed by atoms with van der Waals surface area (Å²) in [5.74, 6) is 0.680. The predicted molar refractivity (Wildman–Crippen MR) is 129 cm³/mol. The number of hydrogen-bond acceptors (Lipinski definition) is 5. The molecule has 0 radical (unpaired) electrons. The molecule has 0 spiro atoms. The number of anilines is 1. The number of amides is 1. The molecule has 1 aliphatic rings. The minimum absolute atomic E-state index is 0.0925. The van der Waals surface area contributed by atoms with E-state index in [-0.39, 0.29) is 24.1 Å². The fourth-order valence-corrected chi connectivity index (χ4v) is 4.39. The summed E-state index contributed by atoms with van der Waals surface area (Å²) in [5.41, 5.74) is 0.760. The molecule has 1 aliphatic heterocycles. The Balaban J connectivity index is 1.58. The second kappa shape index (κ2) is 9.52. The Bertz CT molecular complexity index is 1270. The lowest BCUT2D eigenvalue weighted by atomic mass is 10.2. The summed E-state index contributed by atoms with van der Waals surface area (Å²) in [7, 11) is 1.65. The molecule has 1 atom stereocenters. The van der Waals surface area contributed by atoms with Crippen molar-refractivity contribution in [2.24, 2.45) is 0 Å². The van der Waals surface area contributed by atoms with Gasteiger partial charge in [0.05, 0.1) is 23.7 Å². The van der Waals surface area contributed by atoms with Gasteiger partial charge >= 0.3 is 5.69 Å². The first-order valence-corrected chi connectivity index (χ1v) is 11.4. The molecular formula is C25H30N4O4. The highest BCUT2D eigenvalue weighted by molar-refractivity contribution is 5.82. The smallest absolute Gasteiger partial charge is 0.332 e. The average molecular weight is 451 g/mol. The lowest BCUT2D eigenvalue weighted by molar-refractivity contribution is -0.132. The van der Waals surface area contributed by atoms with Crippen molar-refractivity contribution in [3.05, 3.63) is 69.4 Å². The van der Waals surface area contributed by atoms with Crippen LogP contribution in [-0.2, 0) is 11.3 Å². The fraction of sp³-hybridized carbons (Fsp3) is 0.400. The molecule has 0 unspecified atom stereocenters. The Labute approximate surface area is 192 Å². The van der Waals surface area contributed by atoms with Crippen molar-refractivity contribution >= 4 is 22.5 Å². The molecule has 2 heterocycles. The topological polar surface area (TPSA) is 76.8 Å². The number of methoxy groups -OCH3 is 1. The number of para-hydroxylation sites is 3. The molecule has 1 saturated heterocycles. The molecule has 8 heteroatoms. The van der Waals surface area contributed by atoms with Gasteiger partial charge in [0.1, 0.15) is 12.3 Å². The zero-order valence-corrected chi connectivity index (χ0v) is 19.4. The number of piperazine rings is 1. The number of ether oxygens (including phenoxy) is 1. The van der Waals surface area contributed by atoms with Crippen LogP contribution in [-0.4, -0.2) is 53.2 Å². The van der Waals surface area contributed by atoms with Crippen LogP contribution in [0.1, 0.15) is 26.3 Å². The number of hydrogen-bond donors (Lipinski definition) is 0. The molecule has 0 aliphatic carbocycles. The van der Waals surface area contributed by atoms with Gasteiger partial charge in [-0.05, 0) is 37.6 Å². The molecule has 1 amide bonds. The van der Waals surface area contributed by atoms with Crippen LogP contribution in [0.2, 0.25) is 0 Å². The van der Waals surface area contributed by atoms with Crippen LogP contribution in [0.4, 0.5) is 5.69 Å². The molecule has 1 aromatic heterocycles. The summed E-state index contributed by atoms with van der Waals surface area (Å²) >= 11 is 0. The Morgan fingerprint density at radius 3 is 2.36 bits per heavy atom. The maximum Gasteiger partial charge on any atom is 0.332 e. The number of aromatic nitrogens is 2. The summed E-state index contributed by atoms with van der Waals surface area (Å²) in [6.45, 7) is 6.14. The zero-order valence-electron chi connectivity index (χ0n) is 19.4. The number of fused-ring (bicyclic) bond motifs is 1. The first-order chi connectivity index (χ1) is 16.0. The molecule has 3 aromatic rings. The number of rotatable bonds is 6. The summed E-state index contributed by atoms with van der Waals surface area (Å²) < 4.78 is 8.18. The van der Waals surface area contributed by atoms with E-state index in [1.165, 1.54) is 9.13 Å². The summed E-state index contributed by atoms with van der Waals surface area (Å²) in [6, 6.07) is 14.6. The van der Waals surface area contributed by atoms with Gasteiger partial charge in [-0.1, -0.05) is 31.2 Å². The van der Waals surface area contributed by atoms with Crippen molar-refractivity contribution in [1.29, 1.82) is 0 Å². The summed E-state index contributed by atoms with van der Waals surface area (Å²) in [5, 5.41) is 0.450. The molecular weight excluding hydrogens is 420 g/mol. The molecule has 0 N–H and O–H groups in total. The average Bonchev–Trinajstić information content (AvgIpc) is 2.86. The number of carbonyl (C=O) groups is 1. The van der Waals surface area contributed by atoms with Crippen LogP contribution < -0.4 is 20.9 Å². The Hall–Kier alpha value is -3.55. The molecule has 174 valence electrons. The molecule has 4 rings (SSSR count). The highest BCUT2D eigenvalue weighted by atomic mass is 16.5. The SMILES string of the molecule is CC[C@@H](C)n1c(=O)c2ccccc2n(CC(=O)N2CCN(c3ccccc3OC)CC2)c1=O. The fourth-order valence-electron chi connectivity index (χ4n) is 4.39. The number of carbonyl (C=O) groups excluding carboxylic acids is 1. The highest BCUT2D eigenvalue weighted by Gasteiger charge is 2.25. The van der Waals surface area contributed by atoms with Crippen LogP contribution >= 0.6 is 0 Å². The third kappa shape index (κ3) is 4.25. The Morgan fingerprint density at radius 2 is 1.67 bits per heavy atom. The van der Waals surface area contributed by atoms with Crippen LogP contribution in [0.25, 0.3) is 10.9 Å². The van der Waals surface area contributed by atoms with Crippen molar-refractivity contribution in [2.45, 2.75) is 32.9 Å². The van der Waals surface area contributed by atoms with E-state index in [1.807, 2.05) is 38.1 Å². The third-order valence-corrected chi connectivity index (χ3v) is 6.46. The molecule has 0 saturated carbocycles. The van der Waals surface area contributed by atoms with Crippen molar-refractivity contribution in [3.63, 3.8) is 0 Å². The minimum atomic E-state index is -0.436. The van der Waals surface area contributed by atoms with Crippen LogP contribution in [0, 0.1) is 0 Å². The monoisotopic (exact) mass is 450 g/mol. The number of benzene rings is 2. The quantitative estimate of drug-likeness (QED) is 0.577. The predicted octanol–water partition coefficient (Wildman–Crippen LogP) is 2.49. The zero-order chi connectivity index (χ0) is 23.5. The second-order valence-electron chi connectivity index (χ2n) is 8.36. The normalized spacial score (nSPS) is 15.0. The maximum atomic E-state index is 13.3. The van der Waals surface area contributed by atoms with E-state index in [0.29, 0.717) is 43.5 Å². The van der Waals surface area contributed by atoms with E-state index in [4.69, 9.17) is 4.74 Å². The highest BCUT2D eigenvalue weighted by Crippen LogP contribution is 2.28. The maximum absolute atomic E-state index is 13.3.